The molecule has 0 spiro atoms. The van der Waals surface area contributed by atoms with Gasteiger partial charge in [-0.15, -0.1) is 0 Å². The first kappa shape index (κ1) is 17.8. The molecule has 1 aromatic heterocycles. The van der Waals surface area contributed by atoms with Crippen molar-refractivity contribution in [2.75, 3.05) is 0 Å². The number of benzene rings is 3. The summed E-state index contributed by atoms with van der Waals surface area (Å²) in [6, 6.07) is 18.7. The second-order valence-corrected chi connectivity index (χ2v) is 6.38. The highest BCUT2D eigenvalue weighted by Gasteiger charge is 2.11. The van der Waals surface area contributed by atoms with Crippen LogP contribution in [0.1, 0.15) is 11.1 Å². The maximum atomic E-state index is 13.7. The molecule has 4 rings (SSSR count). The van der Waals surface area contributed by atoms with Gasteiger partial charge in [-0.05, 0) is 37.3 Å². The molecule has 0 N–H and O–H groups in total. The molecule has 0 aliphatic rings. The van der Waals surface area contributed by atoms with Crippen molar-refractivity contribution in [1.82, 2.24) is 0 Å². The lowest BCUT2D eigenvalue weighted by atomic mass is 10.2. The smallest absolute Gasteiger partial charge is 0.235 e. The highest BCUT2D eigenvalue weighted by atomic mass is 19.1. The molecule has 0 bridgehead atoms. The van der Waals surface area contributed by atoms with Crippen molar-refractivity contribution >= 4 is 11.0 Å². The SMILES string of the molecule is Cc1ccc(Oc2coc3cc(OCc4ccccc4F)ccc3c2=O)cc1. The van der Waals surface area contributed by atoms with Crippen LogP contribution in [-0.2, 0) is 6.61 Å². The van der Waals surface area contributed by atoms with Crippen molar-refractivity contribution in [2.45, 2.75) is 13.5 Å². The Morgan fingerprint density at radius 1 is 0.964 bits per heavy atom. The second-order valence-electron chi connectivity index (χ2n) is 6.38. The van der Waals surface area contributed by atoms with Gasteiger partial charge in [0.15, 0.2) is 0 Å². The molecule has 28 heavy (non-hydrogen) atoms. The van der Waals surface area contributed by atoms with E-state index in [1.54, 1.807) is 48.5 Å². The molecular weight excluding hydrogens is 359 g/mol. The summed E-state index contributed by atoms with van der Waals surface area (Å²) in [7, 11) is 0. The van der Waals surface area contributed by atoms with E-state index in [1.165, 1.54) is 12.3 Å². The van der Waals surface area contributed by atoms with Crippen molar-refractivity contribution in [3.8, 4) is 17.2 Å². The van der Waals surface area contributed by atoms with Gasteiger partial charge >= 0.3 is 0 Å². The minimum atomic E-state index is -0.326. The first-order valence-corrected chi connectivity index (χ1v) is 8.76. The van der Waals surface area contributed by atoms with Gasteiger partial charge in [0.25, 0.3) is 0 Å². The van der Waals surface area contributed by atoms with Crippen LogP contribution in [0.4, 0.5) is 4.39 Å². The van der Waals surface area contributed by atoms with Gasteiger partial charge in [-0.3, -0.25) is 4.79 Å². The minimum Gasteiger partial charge on any atom is -0.489 e. The summed E-state index contributed by atoms with van der Waals surface area (Å²) in [4.78, 5) is 12.7. The molecule has 0 aliphatic carbocycles. The summed E-state index contributed by atoms with van der Waals surface area (Å²) in [5.41, 5.74) is 1.64. The zero-order chi connectivity index (χ0) is 19.5. The van der Waals surface area contributed by atoms with E-state index in [0.717, 1.165) is 5.56 Å². The molecule has 0 aliphatic heterocycles. The van der Waals surface area contributed by atoms with Crippen molar-refractivity contribution < 1.29 is 18.3 Å². The quantitative estimate of drug-likeness (QED) is 0.454. The van der Waals surface area contributed by atoms with E-state index < -0.39 is 0 Å². The van der Waals surface area contributed by atoms with E-state index in [9.17, 15) is 9.18 Å². The maximum Gasteiger partial charge on any atom is 0.235 e. The van der Waals surface area contributed by atoms with Gasteiger partial charge in [0, 0.05) is 11.6 Å². The Kier molecular flexibility index (Phi) is 4.81. The van der Waals surface area contributed by atoms with E-state index in [1.807, 2.05) is 19.1 Å². The summed E-state index contributed by atoms with van der Waals surface area (Å²) in [5, 5.41) is 0.378. The number of ether oxygens (including phenoxy) is 2. The number of hydrogen-bond acceptors (Lipinski definition) is 4. The number of halogens is 1. The van der Waals surface area contributed by atoms with E-state index in [4.69, 9.17) is 13.9 Å². The standard InChI is InChI=1S/C23H17FO4/c1-15-6-8-17(9-7-15)28-22-14-27-21-12-18(10-11-19(21)23(22)25)26-13-16-4-2-3-5-20(16)24/h2-12,14H,13H2,1H3. The molecule has 0 atom stereocenters. The fourth-order valence-corrected chi connectivity index (χ4v) is 2.76. The fourth-order valence-electron chi connectivity index (χ4n) is 2.76. The number of fused-ring (bicyclic) bond motifs is 1. The predicted octanol–water partition coefficient (Wildman–Crippen LogP) is 5.61. The first-order chi connectivity index (χ1) is 13.6. The van der Waals surface area contributed by atoms with Crippen LogP contribution in [0.3, 0.4) is 0 Å². The molecule has 0 unspecified atom stereocenters. The van der Waals surface area contributed by atoms with Gasteiger partial charge in [-0.2, -0.15) is 0 Å². The van der Waals surface area contributed by atoms with E-state index in [0.29, 0.717) is 28.0 Å². The zero-order valence-corrected chi connectivity index (χ0v) is 15.1. The molecule has 140 valence electrons. The van der Waals surface area contributed by atoms with Crippen LogP contribution in [0.25, 0.3) is 11.0 Å². The van der Waals surface area contributed by atoms with Crippen molar-refractivity contribution in [3.63, 3.8) is 0 Å². The van der Waals surface area contributed by atoms with Gasteiger partial charge in [0.1, 0.15) is 35.8 Å². The summed E-state index contributed by atoms with van der Waals surface area (Å²) in [5.74, 6) is 0.817. The third kappa shape index (κ3) is 3.74. The maximum absolute atomic E-state index is 13.7. The average molecular weight is 376 g/mol. The molecule has 0 radical (unpaired) electrons. The van der Waals surface area contributed by atoms with Crippen molar-refractivity contribution in [3.05, 3.63) is 100 Å². The Balaban J connectivity index is 1.56. The highest BCUT2D eigenvalue weighted by Crippen LogP contribution is 2.25. The van der Waals surface area contributed by atoms with Gasteiger partial charge in [0.05, 0.1) is 5.39 Å². The number of aryl methyl sites for hydroxylation is 1. The minimum absolute atomic E-state index is 0.0804. The number of hydrogen-bond donors (Lipinski definition) is 0. The van der Waals surface area contributed by atoms with Gasteiger partial charge in [0.2, 0.25) is 11.2 Å². The Morgan fingerprint density at radius 2 is 1.71 bits per heavy atom. The second kappa shape index (κ2) is 7.56. The van der Waals surface area contributed by atoms with Crippen LogP contribution in [0.5, 0.6) is 17.2 Å². The summed E-state index contributed by atoms with van der Waals surface area (Å²) >= 11 is 0. The van der Waals surface area contributed by atoms with Crippen LogP contribution in [0.15, 0.2) is 82.2 Å². The Morgan fingerprint density at radius 3 is 2.50 bits per heavy atom. The largest absolute Gasteiger partial charge is 0.489 e. The molecule has 0 fully saturated rings. The zero-order valence-electron chi connectivity index (χ0n) is 15.1. The number of rotatable bonds is 5. The molecule has 3 aromatic carbocycles. The van der Waals surface area contributed by atoms with Crippen LogP contribution in [0.2, 0.25) is 0 Å². The Hall–Kier alpha value is -3.60. The summed E-state index contributed by atoms with van der Waals surface area (Å²) < 4.78 is 30.5. The van der Waals surface area contributed by atoms with Crippen molar-refractivity contribution in [2.24, 2.45) is 0 Å². The van der Waals surface area contributed by atoms with Crippen molar-refractivity contribution in [1.29, 1.82) is 0 Å². The van der Waals surface area contributed by atoms with E-state index in [-0.39, 0.29) is 23.6 Å². The van der Waals surface area contributed by atoms with Crippen LogP contribution >= 0.6 is 0 Å². The van der Waals surface area contributed by atoms with E-state index >= 15 is 0 Å². The average Bonchev–Trinajstić information content (AvgIpc) is 2.71. The monoisotopic (exact) mass is 376 g/mol. The highest BCUT2D eigenvalue weighted by molar-refractivity contribution is 5.79. The lowest BCUT2D eigenvalue weighted by Crippen LogP contribution is -2.05. The fraction of sp³-hybridized carbons (Fsp3) is 0.0870. The van der Waals surface area contributed by atoms with Gasteiger partial charge in [-0.1, -0.05) is 35.9 Å². The van der Waals surface area contributed by atoms with Crippen LogP contribution < -0.4 is 14.9 Å². The normalized spacial score (nSPS) is 10.8. The molecular formula is C23H17FO4. The molecule has 4 nitrogen and oxygen atoms in total. The van der Waals surface area contributed by atoms with Gasteiger partial charge in [-0.25, -0.2) is 4.39 Å². The Bertz CT molecular complexity index is 1180. The topological polar surface area (TPSA) is 48.7 Å². The van der Waals surface area contributed by atoms with Crippen LogP contribution in [0, 0.1) is 12.7 Å². The van der Waals surface area contributed by atoms with E-state index in [2.05, 4.69) is 0 Å². The molecule has 0 amide bonds. The molecule has 1 heterocycles. The predicted molar refractivity (Wildman–Crippen MR) is 104 cm³/mol. The molecule has 5 heteroatoms. The molecule has 0 saturated carbocycles. The third-order valence-corrected chi connectivity index (χ3v) is 4.32. The first-order valence-electron chi connectivity index (χ1n) is 8.76. The van der Waals surface area contributed by atoms with Crippen LogP contribution in [-0.4, -0.2) is 0 Å². The Labute approximate surface area is 160 Å². The van der Waals surface area contributed by atoms with Gasteiger partial charge < -0.3 is 13.9 Å². The third-order valence-electron chi connectivity index (χ3n) is 4.32. The lowest BCUT2D eigenvalue weighted by Gasteiger charge is -2.09. The molecule has 4 aromatic rings. The molecule has 0 saturated heterocycles. The lowest BCUT2D eigenvalue weighted by molar-refractivity contribution is 0.300. The summed E-state index contributed by atoms with van der Waals surface area (Å²) in [6.45, 7) is 2.05. The summed E-state index contributed by atoms with van der Waals surface area (Å²) in [6.07, 6.45) is 1.28.